The molecule has 0 aromatic heterocycles. The summed E-state index contributed by atoms with van der Waals surface area (Å²) in [5.74, 6) is -0.0126. The molecule has 4 nitrogen and oxygen atoms in total. The molecule has 112 valence electrons. The van der Waals surface area contributed by atoms with Crippen LogP contribution in [-0.4, -0.2) is 30.1 Å². The fourth-order valence-corrected chi connectivity index (χ4v) is 1.91. The van der Waals surface area contributed by atoms with Gasteiger partial charge in [0.2, 0.25) is 5.91 Å². The van der Waals surface area contributed by atoms with Crippen molar-refractivity contribution >= 4 is 5.91 Å². The highest BCUT2D eigenvalue weighted by Crippen LogP contribution is 2.10. The molecular formula is C16H26N2O2. The van der Waals surface area contributed by atoms with Crippen LogP contribution in [0, 0.1) is 0 Å². The number of carbonyl (C=O) groups is 1. The van der Waals surface area contributed by atoms with Crippen LogP contribution in [-0.2, 0) is 4.79 Å². The Balaban J connectivity index is 2.25. The number of aliphatic hydroxyl groups excluding tert-OH is 1. The lowest BCUT2D eigenvalue weighted by Gasteiger charge is -2.17. The molecule has 0 radical (unpaired) electrons. The zero-order valence-corrected chi connectivity index (χ0v) is 12.4. The molecule has 2 atom stereocenters. The third-order valence-electron chi connectivity index (χ3n) is 3.27. The number of unbranched alkanes of at least 4 members (excludes halogenated alkanes) is 2. The van der Waals surface area contributed by atoms with Crippen molar-refractivity contribution in [3.63, 3.8) is 0 Å². The molecule has 3 N–H and O–H groups in total. The second kappa shape index (κ2) is 9.50. The van der Waals surface area contributed by atoms with E-state index in [1.165, 1.54) is 0 Å². The molecule has 0 saturated heterocycles. The number of carbonyl (C=O) groups excluding carboxylic acids is 1. The first-order valence-electron chi connectivity index (χ1n) is 7.39. The van der Waals surface area contributed by atoms with Crippen LogP contribution in [0.4, 0.5) is 0 Å². The molecule has 0 fully saturated rings. The lowest BCUT2D eigenvalue weighted by molar-refractivity contribution is -0.122. The van der Waals surface area contributed by atoms with Crippen molar-refractivity contribution in [2.45, 2.75) is 45.3 Å². The standard InChI is InChI=1S/C16H26N2O2/c1-3-4-8-11-17-16(20)13(2)18-12-15(19)14-9-6-5-7-10-14/h5-7,9-10,13,15,18-19H,3-4,8,11-12H2,1-2H3,(H,17,20). The lowest BCUT2D eigenvalue weighted by atomic mass is 10.1. The topological polar surface area (TPSA) is 61.4 Å². The number of hydrogen-bond acceptors (Lipinski definition) is 3. The van der Waals surface area contributed by atoms with Gasteiger partial charge in [0, 0.05) is 13.1 Å². The van der Waals surface area contributed by atoms with Gasteiger partial charge in [0.05, 0.1) is 12.1 Å². The normalized spacial score (nSPS) is 13.8. The summed E-state index contributed by atoms with van der Waals surface area (Å²) in [6.07, 6.45) is 2.70. The molecule has 0 bridgehead atoms. The average Bonchev–Trinajstić information content (AvgIpc) is 2.49. The Morgan fingerprint density at radius 2 is 1.95 bits per heavy atom. The fourth-order valence-electron chi connectivity index (χ4n) is 1.91. The third-order valence-corrected chi connectivity index (χ3v) is 3.27. The van der Waals surface area contributed by atoms with Gasteiger partial charge in [-0.15, -0.1) is 0 Å². The van der Waals surface area contributed by atoms with E-state index in [-0.39, 0.29) is 11.9 Å². The van der Waals surface area contributed by atoms with E-state index in [2.05, 4.69) is 17.6 Å². The minimum absolute atomic E-state index is 0.0126. The molecule has 2 unspecified atom stereocenters. The van der Waals surface area contributed by atoms with Crippen LogP contribution in [0.15, 0.2) is 30.3 Å². The molecule has 4 heteroatoms. The molecule has 20 heavy (non-hydrogen) atoms. The Labute approximate surface area is 121 Å². The van der Waals surface area contributed by atoms with Gasteiger partial charge in [-0.1, -0.05) is 50.1 Å². The Hall–Kier alpha value is -1.39. The molecule has 0 aliphatic carbocycles. The van der Waals surface area contributed by atoms with Crippen LogP contribution in [0.5, 0.6) is 0 Å². The molecule has 0 saturated carbocycles. The average molecular weight is 278 g/mol. The first kappa shape index (κ1) is 16.7. The molecule has 1 amide bonds. The summed E-state index contributed by atoms with van der Waals surface area (Å²) in [6, 6.07) is 9.15. The lowest BCUT2D eigenvalue weighted by Crippen LogP contribution is -2.43. The van der Waals surface area contributed by atoms with Gasteiger partial charge in [-0.2, -0.15) is 0 Å². The van der Waals surface area contributed by atoms with Crippen molar-refractivity contribution in [3.8, 4) is 0 Å². The Bertz CT molecular complexity index is 381. The quantitative estimate of drug-likeness (QED) is 0.606. The molecule has 1 aromatic carbocycles. The summed E-state index contributed by atoms with van der Waals surface area (Å²) in [5.41, 5.74) is 0.857. The largest absolute Gasteiger partial charge is 0.387 e. The van der Waals surface area contributed by atoms with E-state index in [9.17, 15) is 9.90 Å². The summed E-state index contributed by atoms with van der Waals surface area (Å²) in [7, 11) is 0. The minimum Gasteiger partial charge on any atom is -0.387 e. The monoisotopic (exact) mass is 278 g/mol. The first-order chi connectivity index (χ1) is 9.65. The molecule has 1 aromatic rings. The van der Waals surface area contributed by atoms with Crippen molar-refractivity contribution < 1.29 is 9.90 Å². The summed E-state index contributed by atoms with van der Waals surface area (Å²) >= 11 is 0. The maximum atomic E-state index is 11.8. The zero-order valence-electron chi connectivity index (χ0n) is 12.4. The highest BCUT2D eigenvalue weighted by molar-refractivity contribution is 5.81. The van der Waals surface area contributed by atoms with Crippen LogP contribution in [0.3, 0.4) is 0 Å². The van der Waals surface area contributed by atoms with Crippen LogP contribution in [0.25, 0.3) is 0 Å². The second-order valence-corrected chi connectivity index (χ2v) is 5.05. The summed E-state index contributed by atoms with van der Waals surface area (Å²) in [4.78, 5) is 11.8. The maximum absolute atomic E-state index is 11.8. The molecular weight excluding hydrogens is 252 g/mol. The molecule has 0 spiro atoms. The summed E-state index contributed by atoms with van der Waals surface area (Å²) < 4.78 is 0. The van der Waals surface area contributed by atoms with Crippen LogP contribution >= 0.6 is 0 Å². The number of nitrogens with one attached hydrogen (secondary N) is 2. The highest BCUT2D eigenvalue weighted by atomic mass is 16.3. The SMILES string of the molecule is CCCCCNC(=O)C(C)NCC(O)c1ccccc1. The first-order valence-corrected chi connectivity index (χ1v) is 7.39. The van der Waals surface area contributed by atoms with Crippen LogP contribution in [0.2, 0.25) is 0 Å². The van der Waals surface area contributed by atoms with Gasteiger partial charge in [-0.3, -0.25) is 4.79 Å². The van der Waals surface area contributed by atoms with Crippen molar-refractivity contribution in [1.82, 2.24) is 10.6 Å². The van der Waals surface area contributed by atoms with Gasteiger partial charge >= 0.3 is 0 Å². The predicted molar refractivity (Wildman–Crippen MR) is 81.4 cm³/mol. The van der Waals surface area contributed by atoms with E-state index < -0.39 is 6.10 Å². The van der Waals surface area contributed by atoms with Crippen molar-refractivity contribution in [3.05, 3.63) is 35.9 Å². The van der Waals surface area contributed by atoms with E-state index >= 15 is 0 Å². The number of hydrogen-bond donors (Lipinski definition) is 3. The highest BCUT2D eigenvalue weighted by Gasteiger charge is 2.14. The molecule has 0 aliphatic heterocycles. The van der Waals surface area contributed by atoms with E-state index in [0.717, 1.165) is 31.4 Å². The fraction of sp³-hybridized carbons (Fsp3) is 0.562. The Kier molecular flexibility index (Phi) is 7.92. The van der Waals surface area contributed by atoms with Gasteiger partial charge in [0.15, 0.2) is 0 Å². The van der Waals surface area contributed by atoms with E-state index in [1.54, 1.807) is 0 Å². The zero-order chi connectivity index (χ0) is 14.8. The Morgan fingerprint density at radius 1 is 1.25 bits per heavy atom. The molecule has 0 aliphatic rings. The van der Waals surface area contributed by atoms with E-state index in [0.29, 0.717) is 6.54 Å². The number of benzene rings is 1. The van der Waals surface area contributed by atoms with Gasteiger partial charge < -0.3 is 15.7 Å². The third kappa shape index (κ3) is 6.17. The van der Waals surface area contributed by atoms with Crippen LogP contribution < -0.4 is 10.6 Å². The summed E-state index contributed by atoms with van der Waals surface area (Å²) in [6.45, 7) is 5.04. The van der Waals surface area contributed by atoms with Crippen molar-refractivity contribution in [2.24, 2.45) is 0 Å². The van der Waals surface area contributed by atoms with Gasteiger partial charge in [0.25, 0.3) is 0 Å². The number of aliphatic hydroxyl groups is 1. The number of amides is 1. The van der Waals surface area contributed by atoms with Gasteiger partial charge in [-0.05, 0) is 18.9 Å². The van der Waals surface area contributed by atoms with Crippen molar-refractivity contribution in [2.75, 3.05) is 13.1 Å². The minimum atomic E-state index is -0.591. The predicted octanol–water partition coefficient (Wildman–Crippen LogP) is 2.00. The van der Waals surface area contributed by atoms with Crippen LogP contribution in [0.1, 0.15) is 44.8 Å². The smallest absolute Gasteiger partial charge is 0.236 e. The van der Waals surface area contributed by atoms with Gasteiger partial charge in [-0.25, -0.2) is 0 Å². The van der Waals surface area contributed by atoms with E-state index in [4.69, 9.17) is 0 Å². The summed E-state index contributed by atoms with van der Waals surface area (Å²) in [5, 5.41) is 16.0. The second-order valence-electron chi connectivity index (χ2n) is 5.05. The van der Waals surface area contributed by atoms with Gasteiger partial charge in [0.1, 0.15) is 0 Å². The van der Waals surface area contributed by atoms with Crippen molar-refractivity contribution in [1.29, 1.82) is 0 Å². The Morgan fingerprint density at radius 3 is 2.60 bits per heavy atom. The van der Waals surface area contributed by atoms with E-state index in [1.807, 2.05) is 37.3 Å². The molecule has 1 rings (SSSR count). The maximum Gasteiger partial charge on any atom is 0.236 e. The molecule has 0 heterocycles. The number of rotatable bonds is 9.